The number of aromatic hydroxyl groups is 1. The summed E-state index contributed by atoms with van der Waals surface area (Å²) in [6, 6.07) is 12.7. The van der Waals surface area contributed by atoms with Gasteiger partial charge in [-0.3, -0.25) is 9.69 Å². The van der Waals surface area contributed by atoms with Crippen molar-refractivity contribution in [1.29, 1.82) is 0 Å². The predicted octanol–water partition coefficient (Wildman–Crippen LogP) is 4.12. The number of thiocarbonyl (C=S) groups is 1. The van der Waals surface area contributed by atoms with Crippen molar-refractivity contribution in [2.75, 3.05) is 12.0 Å². The first kappa shape index (κ1) is 16.5. The van der Waals surface area contributed by atoms with Crippen molar-refractivity contribution < 1.29 is 14.6 Å². The van der Waals surface area contributed by atoms with E-state index in [0.717, 1.165) is 11.3 Å². The summed E-state index contributed by atoms with van der Waals surface area (Å²) in [5, 5.41) is 10.2. The van der Waals surface area contributed by atoms with E-state index < -0.39 is 0 Å². The lowest BCUT2D eigenvalue weighted by Crippen LogP contribution is -2.27. The number of ether oxygens (including phenoxy) is 1. The fourth-order valence-corrected chi connectivity index (χ4v) is 3.64. The lowest BCUT2D eigenvalue weighted by atomic mass is 10.1. The van der Waals surface area contributed by atoms with Crippen LogP contribution in [-0.4, -0.2) is 22.4 Å². The summed E-state index contributed by atoms with van der Waals surface area (Å²) in [6.45, 7) is 1.99. The Morgan fingerprint density at radius 2 is 1.92 bits per heavy atom. The smallest absolute Gasteiger partial charge is 0.270 e. The largest absolute Gasteiger partial charge is 0.504 e. The fraction of sp³-hybridized carbons (Fsp3) is 0.111. The van der Waals surface area contributed by atoms with Gasteiger partial charge < -0.3 is 9.84 Å². The summed E-state index contributed by atoms with van der Waals surface area (Å²) in [6.07, 6.45) is 1.63. The molecule has 24 heavy (non-hydrogen) atoms. The Kier molecular flexibility index (Phi) is 4.59. The lowest BCUT2D eigenvalue weighted by Gasteiger charge is -2.14. The minimum atomic E-state index is -0.198. The molecule has 2 aromatic rings. The molecular formula is C18H15NO3S2. The van der Waals surface area contributed by atoms with E-state index in [1.807, 2.05) is 31.2 Å². The van der Waals surface area contributed by atoms with Gasteiger partial charge in [0.15, 0.2) is 15.8 Å². The summed E-state index contributed by atoms with van der Waals surface area (Å²) in [4.78, 5) is 14.7. The number of amides is 1. The standard InChI is InChI=1S/C18H15NO3S2/c1-11-6-8-13(9-7-11)19-17(21)15(24-18(19)23)10-12-4-3-5-14(22-2)16(12)20/h3-10,20H,1-2H3. The van der Waals surface area contributed by atoms with E-state index in [0.29, 0.717) is 20.5 Å². The third-order valence-electron chi connectivity index (χ3n) is 3.62. The lowest BCUT2D eigenvalue weighted by molar-refractivity contribution is -0.113. The molecule has 1 N–H and O–H groups in total. The van der Waals surface area contributed by atoms with Crippen molar-refractivity contribution >= 4 is 46.0 Å². The summed E-state index contributed by atoms with van der Waals surface area (Å²) in [7, 11) is 1.48. The van der Waals surface area contributed by atoms with Gasteiger partial charge in [0, 0.05) is 5.56 Å². The molecule has 0 atom stereocenters. The zero-order valence-corrected chi connectivity index (χ0v) is 14.8. The molecule has 1 aliphatic rings. The highest BCUT2D eigenvalue weighted by molar-refractivity contribution is 8.27. The van der Waals surface area contributed by atoms with E-state index in [9.17, 15) is 9.90 Å². The Morgan fingerprint density at radius 1 is 1.21 bits per heavy atom. The molecule has 1 heterocycles. The topological polar surface area (TPSA) is 49.8 Å². The number of carbonyl (C=O) groups excluding carboxylic acids is 1. The summed E-state index contributed by atoms with van der Waals surface area (Å²) < 4.78 is 5.56. The van der Waals surface area contributed by atoms with Crippen LogP contribution in [0.2, 0.25) is 0 Å². The highest BCUT2D eigenvalue weighted by Gasteiger charge is 2.33. The Morgan fingerprint density at radius 3 is 2.58 bits per heavy atom. The molecule has 0 aliphatic carbocycles. The maximum absolute atomic E-state index is 12.7. The van der Waals surface area contributed by atoms with E-state index >= 15 is 0 Å². The SMILES string of the molecule is COc1cccc(C=C2SC(=S)N(c3ccc(C)cc3)C2=O)c1O. The number of phenolic OH excluding ortho intramolecular Hbond substituents is 1. The van der Waals surface area contributed by atoms with Gasteiger partial charge in [0.2, 0.25) is 0 Å². The molecule has 2 aromatic carbocycles. The quantitative estimate of drug-likeness (QED) is 0.662. The fourth-order valence-electron chi connectivity index (χ4n) is 2.35. The average molecular weight is 357 g/mol. The second-order valence-corrected chi connectivity index (χ2v) is 6.93. The van der Waals surface area contributed by atoms with Crippen LogP contribution in [0.25, 0.3) is 6.08 Å². The number of benzene rings is 2. The van der Waals surface area contributed by atoms with Gasteiger partial charge in [0.25, 0.3) is 5.91 Å². The molecule has 4 nitrogen and oxygen atoms in total. The number of anilines is 1. The van der Waals surface area contributed by atoms with Crippen LogP contribution in [0.1, 0.15) is 11.1 Å². The highest BCUT2D eigenvalue weighted by Crippen LogP contribution is 2.38. The van der Waals surface area contributed by atoms with Crippen molar-refractivity contribution in [3.05, 3.63) is 58.5 Å². The molecule has 1 aliphatic heterocycles. The van der Waals surface area contributed by atoms with Gasteiger partial charge in [-0.1, -0.05) is 53.8 Å². The van der Waals surface area contributed by atoms with E-state index in [2.05, 4.69) is 0 Å². The summed E-state index contributed by atoms with van der Waals surface area (Å²) in [5.41, 5.74) is 2.36. The van der Waals surface area contributed by atoms with Crippen LogP contribution in [0.4, 0.5) is 5.69 Å². The molecule has 0 bridgehead atoms. The second kappa shape index (κ2) is 6.67. The van der Waals surface area contributed by atoms with E-state index in [1.54, 1.807) is 24.3 Å². The van der Waals surface area contributed by atoms with Crippen LogP contribution in [0.5, 0.6) is 11.5 Å². The number of para-hydroxylation sites is 1. The Balaban J connectivity index is 1.95. The number of rotatable bonds is 3. The molecule has 0 unspecified atom stereocenters. The number of hydrogen-bond acceptors (Lipinski definition) is 5. The number of phenols is 1. The van der Waals surface area contributed by atoms with Gasteiger partial charge in [0.05, 0.1) is 17.7 Å². The van der Waals surface area contributed by atoms with Crippen LogP contribution >= 0.6 is 24.0 Å². The second-order valence-electron chi connectivity index (χ2n) is 5.25. The van der Waals surface area contributed by atoms with E-state index in [4.69, 9.17) is 17.0 Å². The van der Waals surface area contributed by atoms with E-state index in [1.165, 1.54) is 23.8 Å². The van der Waals surface area contributed by atoms with Crippen LogP contribution in [0.15, 0.2) is 47.4 Å². The van der Waals surface area contributed by atoms with Gasteiger partial charge >= 0.3 is 0 Å². The maximum atomic E-state index is 12.7. The maximum Gasteiger partial charge on any atom is 0.270 e. The predicted molar refractivity (Wildman–Crippen MR) is 101 cm³/mol. The Labute approximate surface area is 149 Å². The van der Waals surface area contributed by atoms with Crippen LogP contribution in [0, 0.1) is 6.92 Å². The zero-order chi connectivity index (χ0) is 17.3. The third-order valence-corrected chi connectivity index (χ3v) is 4.92. The molecule has 0 saturated carbocycles. The number of carbonyl (C=O) groups is 1. The summed E-state index contributed by atoms with van der Waals surface area (Å²) in [5.74, 6) is 0.162. The zero-order valence-electron chi connectivity index (χ0n) is 13.1. The van der Waals surface area contributed by atoms with Crippen LogP contribution < -0.4 is 9.64 Å². The molecule has 0 spiro atoms. The van der Waals surface area contributed by atoms with Gasteiger partial charge in [-0.05, 0) is 31.2 Å². The van der Waals surface area contributed by atoms with Gasteiger partial charge in [-0.25, -0.2) is 0 Å². The molecule has 3 rings (SSSR count). The monoisotopic (exact) mass is 357 g/mol. The Bertz CT molecular complexity index is 844. The minimum absolute atomic E-state index is 0.000560. The molecular weight excluding hydrogens is 342 g/mol. The molecule has 1 fully saturated rings. The van der Waals surface area contributed by atoms with Gasteiger partial charge in [-0.15, -0.1) is 0 Å². The number of thioether (sulfide) groups is 1. The van der Waals surface area contributed by atoms with Crippen LogP contribution in [-0.2, 0) is 4.79 Å². The van der Waals surface area contributed by atoms with Gasteiger partial charge in [-0.2, -0.15) is 0 Å². The molecule has 0 radical (unpaired) electrons. The number of methoxy groups -OCH3 is 1. The van der Waals surface area contributed by atoms with Crippen LogP contribution in [0.3, 0.4) is 0 Å². The number of aryl methyl sites for hydroxylation is 1. The first-order valence-electron chi connectivity index (χ1n) is 7.22. The molecule has 6 heteroatoms. The number of hydrogen-bond donors (Lipinski definition) is 1. The Hall–Kier alpha value is -2.31. The van der Waals surface area contributed by atoms with Crippen molar-refractivity contribution in [3.8, 4) is 11.5 Å². The molecule has 122 valence electrons. The van der Waals surface area contributed by atoms with Gasteiger partial charge in [0.1, 0.15) is 0 Å². The normalized spacial score (nSPS) is 16.1. The highest BCUT2D eigenvalue weighted by atomic mass is 32.2. The molecule has 1 amide bonds. The molecule has 0 aromatic heterocycles. The minimum Gasteiger partial charge on any atom is -0.504 e. The van der Waals surface area contributed by atoms with Crippen molar-refractivity contribution in [2.45, 2.75) is 6.92 Å². The van der Waals surface area contributed by atoms with E-state index in [-0.39, 0.29) is 11.7 Å². The van der Waals surface area contributed by atoms with Crippen molar-refractivity contribution in [3.63, 3.8) is 0 Å². The summed E-state index contributed by atoms with van der Waals surface area (Å²) >= 11 is 6.56. The average Bonchev–Trinajstić information content (AvgIpc) is 2.84. The van der Waals surface area contributed by atoms with Crippen molar-refractivity contribution in [2.24, 2.45) is 0 Å². The first-order valence-corrected chi connectivity index (χ1v) is 8.44. The number of nitrogens with zero attached hydrogens (tertiary/aromatic N) is 1. The third kappa shape index (κ3) is 3.02. The van der Waals surface area contributed by atoms with Crippen molar-refractivity contribution in [1.82, 2.24) is 0 Å². The first-order chi connectivity index (χ1) is 11.5. The molecule has 1 saturated heterocycles.